The number of benzene rings is 2. The first-order valence-electron chi connectivity index (χ1n) is 7.94. The Morgan fingerprint density at radius 1 is 1.08 bits per heavy atom. The maximum atomic E-state index is 5.97. The molecule has 0 amide bonds. The molecule has 0 aliphatic rings. The van der Waals surface area contributed by atoms with Crippen molar-refractivity contribution in [3.05, 3.63) is 59.2 Å². The maximum Gasteiger partial charge on any atom is 0.193 e. The fourth-order valence-electron chi connectivity index (χ4n) is 2.13. The highest BCUT2D eigenvalue weighted by Crippen LogP contribution is 2.21. The number of aliphatic imine (C=N–C) groups is 1. The van der Waals surface area contributed by atoms with Crippen LogP contribution < -0.4 is 15.8 Å². The third kappa shape index (κ3) is 6.39. The summed E-state index contributed by atoms with van der Waals surface area (Å²) in [5, 5.41) is 3.10. The van der Waals surface area contributed by atoms with Gasteiger partial charge in [0.2, 0.25) is 0 Å². The summed E-state index contributed by atoms with van der Waals surface area (Å²) in [6, 6.07) is 14.2. The molecule has 0 heterocycles. The van der Waals surface area contributed by atoms with Crippen molar-refractivity contribution < 1.29 is 4.74 Å². The van der Waals surface area contributed by atoms with Gasteiger partial charge in [-0.25, -0.2) is 4.99 Å². The van der Waals surface area contributed by atoms with Crippen molar-refractivity contribution in [2.24, 2.45) is 10.7 Å². The molecule has 24 heavy (non-hydrogen) atoms. The largest absolute Gasteiger partial charge is 0.493 e. The molecule has 3 N–H and O–H groups in total. The van der Waals surface area contributed by atoms with Crippen LogP contribution in [0.1, 0.15) is 30.0 Å². The lowest BCUT2D eigenvalue weighted by Crippen LogP contribution is -2.22. The van der Waals surface area contributed by atoms with Crippen molar-refractivity contribution in [2.75, 3.05) is 11.9 Å². The number of nitrogens with one attached hydrogen (secondary N) is 1. The highest BCUT2D eigenvalue weighted by molar-refractivity contribution is 14.0. The van der Waals surface area contributed by atoms with Gasteiger partial charge < -0.3 is 15.8 Å². The first-order chi connectivity index (χ1) is 11.1. The molecule has 0 fully saturated rings. The van der Waals surface area contributed by atoms with Gasteiger partial charge in [-0.15, -0.1) is 24.0 Å². The van der Waals surface area contributed by atoms with Crippen LogP contribution in [0.3, 0.4) is 0 Å². The molecule has 2 aromatic carbocycles. The number of hydrogen-bond donors (Lipinski definition) is 2. The van der Waals surface area contributed by atoms with Crippen LogP contribution in [0.25, 0.3) is 0 Å². The van der Waals surface area contributed by atoms with Gasteiger partial charge in [0.15, 0.2) is 5.96 Å². The van der Waals surface area contributed by atoms with Crippen molar-refractivity contribution in [1.29, 1.82) is 0 Å². The minimum Gasteiger partial charge on any atom is -0.493 e. The number of nitrogens with zero attached hydrogens (tertiary/aromatic N) is 1. The molecule has 2 aromatic rings. The standard InChI is InChI=1S/C19H25N3O.HI/c1-4-11-23-18-12-15(3)5-8-16(18)13-21-19(20)22-17-9-6-14(2)7-10-17;/h5-10,12H,4,11,13H2,1-3H3,(H3,20,21,22);1H. The Hall–Kier alpha value is -1.76. The minimum atomic E-state index is 0. The average Bonchev–Trinajstić information content (AvgIpc) is 2.54. The van der Waals surface area contributed by atoms with E-state index in [0.29, 0.717) is 19.1 Å². The highest BCUT2D eigenvalue weighted by Gasteiger charge is 2.04. The quantitative estimate of drug-likeness (QED) is 0.392. The lowest BCUT2D eigenvalue weighted by Gasteiger charge is -2.11. The predicted molar refractivity (Wildman–Crippen MR) is 113 cm³/mol. The Labute approximate surface area is 161 Å². The molecule has 2 rings (SSSR count). The molecule has 0 unspecified atom stereocenters. The zero-order valence-corrected chi connectivity index (χ0v) is 16.8. The molecular formula is C19H26IN3O. The molecule has 0 aliphatic heterocycles. The second kappa shape index (κ2) is 10.2. The monoisotopic (exact) mass is 439 g/mol. The normalized spacial score (nSPS) is 10.9. The van der Waals surface area contributed by atoms with Crippen LogP contribution in [0.5, 0.6) is 5.75 Å². The second-order valence-electron chi connectivity index (χ2n) is 5.65. The number of halogens is 1. The van der Waals surface area contributed by atoms with Crippen molar-refractivity contribution in [3.8, 4) is 5.75 Å². The van der Waals surface area contributed by atoms with Crippen LogP contribution >= 0.6 is 24.0 Å². The zero-order valence-electron chi connectivity index (χ0n) is 14.5. The van der Waals surface area contributed by atoms with Gasteiger partial charge in [0, 0.05) is 11.3 Å². The van der Waals surface area contributed by atoms with Crippen molar-refractivity contribution in [3.63, 3.8) is 0 Å². The van der Waals surface area contributed by atoms with Crippen LogP contribution in [0.4, 0.5) is 5.69 Å². The van der Waals surface area contributed by atoms with E-state index in [1.807, 2.05) is 36.4 Å². The first kappa shape index (κ1) is 20.3. The Balaban J connectivity index is 0.00000288. The van der Waals surface area contributed by atoms with E-state index in [-0.39, 0.29) is 24.0 Å². The molecule has 0 aromatic heterocycles. The fraction of sp³-hybridized carbons (Fsp3) is 0.316. The molecule has 0 atom stereocenters. The highest BCUT2D eigenvalue weighted by atomic mass is 127. The third-order valence-electron chi connectivity index (χ3n) is 3.43. The van der Waals surface area contributed by atoms with E-state index >= 15 is 0 Å². The molecule has 0 spiro atoms. The van der Waals surface area contributed by atoms with Crippen molar-refractivity contribution in [2.45, 2.75) is 33.7 Å². The number of aryl methyl sites for hydroxylation is 2. The van der Waals surface area contributed by atoms with E-state index in [2.05, 4.69) is 37.1 Å². The number of guanidine groups is 1. The topological polar surface area (TPSA) is 59.6 Å². The molecule has 4 nitrogen and oxygen atoms in total. The van der Waals surface area contributed by atoms with E-state index in [0.717, 1.165) is 23.4 Å². The number of ether oxygens (including phenoxy) is 1. The second-order valence-corrected chi connectivity index (χ2v) is 5.65. The maximum absolute atomic E-state index is 5.97. The van der Waals surface area contributed by atoms with Crippen LogP contribution in [-0.2, 0) is 6.54 Å². The lowest BCUT2D eigenvalue weighted by atomic mass is 10.1. The smallest absolute Gasteiger partial charge is 0.193 e. The van der Waals surface area contributed by atoms with Gasteiger partial charge in [-0.2, -0.15) is 0 Å². The molecule has 0 saturated heterocycles. The van der Waals surface area contributed by atoms with Gasteiger partial charge in [-0.1, -0.05) is 36.8 Å². The molecule has 0 radical (unpaired) electrons. The summed E-state index contributed by atoms with van der Waals surface area (Å²) < 4.78 is 5.80. The first-order valence-corrected chi connectivity index (χ1v) is 7.94. The summed E-state index contributed by atoms with van der Waals surface area (Å²) >= 11 is 0. The number of nitrogens with two attached hydrogens (primary N) is 1. The molecule has 0 saturated carbocycles. The fourth-order valence-corrected chi connectivity index (χ4v) is 2.13. The zero-order chi connectivity index (χ0) is 16.7. The predicted octanol–water partition coefficient (Wildman–Crippen LogP) is 4.64. The average molecular weight is 439 g/mol. The summed E-state index contributed by atoms with van der Waals surface area (Å²) in [4.78, 5) is 4.41. The summed E-state index contributed by atoms with van der Waals surface area (Å²) in [5.41, 5.74) is 10.3. The summed E-state index contributed by atoms with van der Waals surface area (Å²) in [6.07, 6.45) is 0.980. The summed E-state index contributed by atoms with van der Waals surface area (Å²) in [7, 11) is 0. The van der Waals surface area contributed by atoms with Crippen LogP contribution in [-0.4, -0.2) is 12.6 Å². The van der Waals surface area contributed by atoms with E-state index in [4.69, 9.17) is 10.5 Å². The van der Waals surface area contributed by atoms with Gasteiger partial charge in [0.25, 0.3) is 0 Å². The van der Waals surface area contributed by atoms with Gasteiger partial charge in [0.1, 0.15) is 5.75 Å². The van der Waals surface area contributed by atoms with Crippen molar-refractivity contribution in [1.82, 2.24) is 0 Å². The Morgan fingerprint density at radius 2 is 1.75 bits per heavy atom. The molecular weight excluding hydrogens is 413 g/mol. The van der Waals surface area contributed by atoms with Gasteiger partial charge in [0.05, 0.1) is 13.2 Å². The lowest BCUT2D eigenvalue weighted by molar-refractivity contribution is 0.314. The van der Waals surface area contributed by atoms with Crippen molar-refractivity contribution >= 4 is 35.6 Å². The molecule has 0 aliphatic carbocycles. The Kier molecular flexibility index (Phi) is 8.60. The van der Waals surface area contributed by atoms with E-state index in [1.54, 1.807) is 0 Å². The molecule has 130 valence electrons. The van der Waals surface area contributed by atoms with Gasteiger partial charge in [-0.3, -0.25) is 0 Å². The van der Waals surface area contributed by atoms with E-state index in [9.17, 15) is 0 Å². The Bertz CT molecular complexity index is 669. The van der Waals surface area contributed by atoms with Crippen LogP contribution in [0, 0.1) is 13.8 Å². The SMILES string of the molecule is CCCOc1cc(C)ccc1CN=C(N)Nc1ccc(C)cc1.I. The molecule has 0 bridgehead atoms. The third-order valence-corrected chi connectivity index (χ3v) is 3.43. The summed E-state index contributed by atoms with van der Waals surface area (Å²) in [5.74, 6) is 1.29. The van der Waals surface area contributed by atoms with Crippen LogP contribution in [0.2, 0.25) is 0 Å². The summed E-state index contributed by atoms with van der Waals surface area (Å²) in [6.45, 7) is 7.40. The van der Waals surface area contributed by atoms with Gasteiger partial charge >= 0.3 is 0 Å². The van der Waals surface area contributed by atoms with Crippen LogP contribution in [0.15, 0.2) is 47.5 Å². The number of anilines is 1. The van der Waals surface area contributed by atoms with Gasteiger partial charge in [-0.05, 0) is 44.0 Å². The van der Waals surface area contributed by atoms with E-state index in [1.165, 1.54) is 11.1 Å². The Morgan fingerprint density at radius 3 is 2.42 bits per heavy atom. The minimum absolute atomic E-state index is 0. The molecule has 5 heteroatoms. The number of hydrogen-bond acceptors (Lipinski definition) is 2. The van der Waals surface area contributed by atoms with E-state index < -0.39 is 0 Å². The number of rotatable bonds is 6.